The van der Waals surface area contributed by atoms with Crippen molar-refractivity contribution in [1.29, 1.82) is 0 Å². The highest BCUT2D eigenvalue weighted by Gasteiger charge is 2.21. The number of aryl methyl sites for hydroxylation is 2. The van der Waals surface area contributed by atoms with E-state index in [0.29, 0.717) is 6.54 Å². The zero-order chi connectivity index (χ0) is 13.5. The molecule has 1 aliphatic carbocycles. The quantitative estimate of drug-likeness (QED) is 0.725. The maximum Gasteiger partial charge on any atom is 0.262 e. The van der Waals surface area contributed by atoms with E-state index in [2.05, 4.69) is 9.97 Å². The van der Waals surface area contributed by atoms with E-state index in [1.807, 2.05) is 18.2 Å². The number of aromatic nitrogens is 3. The van der Waals surface area contributed by atoms with Crippen molar-refractivity contribution >= 4 is 21.6 Å². The summed E-state index contributed by atoms with van der Waals surface area (Å²) < 4.78 is 1.66. The third kappa shape index (κ3) is 1.78. The van der Waals surface area contributed by atoms with Gasteiger partial charge in [-0.1, -0.05) is 6.07 Å². The molecule has 1 aliphatic rings. The van der Waals surface area contributed by atoms with Crippen LogP contribution in [-0.2, 0) is 19.4 Å². The van der Waals surface area contributed by atoms with Gasteiger partial charge in [0.25, 0.3) is 5.56 Å². The van der Waals surface area contributed by atoms with E-state index in [1.54, 1.807) is 28.4 Å². The molecule has 0 fully saturated rings. The second-order valence-corrected chi connectivity index (χ2v) is 6.12. The standard InChI is InChI=1S/C15H13N3OS/c19-15-13-11-5-3-6-12(11)20-14(13)17-9-18(15)8-10-4-1-2-7-16-10/h1-2,4,7,9H,3,5-6,8H2. The monoisotopic (exact) mass is 283 g/mol. The number of fused-ring (bicyclic) bond motifs is 3. The average Bonchev–Trinajstić information content (AvgIpc) is 3.03. The molecule has 0 aromatic carbocycles. The molecule has 0 amide bonds. The van der Waals surface area contributed by atoms with Crippen molar-refractivity contribution in [2.24, 2.45) is 0 Å². The minimum Gasteiger partial charge on any atom is -0.293 e. The van der Waals surface area contributed by atoms with Crippen molar-refractivity contribution < 1.29 is 0 Å². The Hall–Kier alpha value is -2.01. The minimum atomic E-state index is 0.0695. The molecule has 0 aliphatic heterocycles. The predicted molar refractivity (Wildman–Crippen MR) is 79.2 cm³/mol. The third-order valence-corrected chi connectivity index (χ3v) is 4.95. The van der Waals surface area contributed by atoms with Crippen LogP contribution in [0.25, 0.3) is 10.2 Å². The van der Waals surface area contributed by atoms with E-state index in [9.17, 15) is 4.79 Å². The molecule has 0 radical (unpaired) electrons. The van der Waals surface area contributed by atoms with Gasteiger partial charge >= 0.3 is 0 Å². The first-order valence-electron chi connectivity index (χ1n) is 6.72. The molecule has 0 spiro atoms. The summed E-state index contributed by atoms with van der Waals surface area (Å²) >= 11 is 1.68. The second-order valence-electron chi connectivity index (χ2n) is 5.04. The van der Waals surface area contributed by atoms with Crippen LogP contribution < -0.4 is 5.56 Å². The summed E-state index contributed by atoms with van der Waals surface area (Å²) in [6, 6.07) is 5.73. The molecule has 0 atom stereocenters. The lowest BCUT2D eigenvalue weighted by atomic mass is 10.2. The summed E-state index contributed by atoms with van der Waals surface area (Å²) in [6.45, 7) is 0.479. The van der Waals surface area contributed by atoms with Gasteiger partial charge in [0.2, 0.25) is 0 Å². The van der Waals surface area contributed by atoms with Gasteiger partial charge in [-0.3, -0.25) is 14.3 Å². The molecule has 0 unspecified atom stereocenters. The van der Waals surface area contributed by atoms with Crippen LogP contribution in [0.3, 0.4) is 0 Å². The van der Waals surface area contributed by atoms with Crippen molar-refractivity contribution in [2.45, 2.75) is 25.8 Å². The molecule has 4 rings (SSSR count). The fourth-order valence-electron chi connectivity index (χ4n) is 2.80. The Labute approximate surface area is 119 Å². The van der Waals surface area contributed by atoms with E-state index in [-0.39, 0.29) is 5.56 Å². The van der Waals surface area contributed by atoms with E-state index >= 15 is 0 Å². The molecular weight excluding hydrogens is 270 g/mol. The Kier molecular flexibility index (Phi) is 2.67. The molecule has 0 saturated carbocycles. The lowest BCUT2D eigenvalue weighted by Gasteiger charge is -2.05. The molecule has 0 bridgehead atoms. The summed E-state index contributed by atoms with van der Waals surface area (Å²) in [5, 5.41) is 0.834. The van der Waals surface area contributed by atoms with Gasteiger partial charge in [0, 0.05) is 11.1 Å². The number of pyridine rings is 1. The first-order valence-corrected chi connectivity index (χ1v) is 7.54. The summed E-state index contributed by atoms with van der Waals surface area (Å²) in [5.74, 6) is 0. The molecule has 3 aromatic heterocycles. The molecule has 20 heavy (non-hydrogen) atoms. The molecule has 4 nitrogen and oxygen atoms in total. The second kappa shape index (κ2) is 4.52. The Morgan fingerprint density at radius 3 is 3.05 bits per heavy atom. The Bertz CT molecular complexity index is 835. The fraction of sp³-hybridized carbons (Fsp3) is 0.267. The van der Waals surface area contributed by atoms with E-state index < -0.39 is 0 Å². The minimum absolute atomic E-state index is 0.0695. The highest BCUT2D eigenvalue weighted by atomic mass is 32.1. The third-order valence-electron chi connectivity index (χ3n) is 3.75. The van der Waals surface area contributed by atoms with Crippen molar-refractivity contribution in [2.75, 3.05) is 0 Å². The molecule has 5 heteroatoms. The van der Waals surface area contributed by atoms with Gasteiger partial charge < -0.3 is 0 Å². The Morgan fingerprint density at radius 1 is 1.25 bits per heavy atom. The van der Waals surface area contributed by atoms with Gasteiger partial charge in [0.1, 0.15) is 4.83 Å². The predicted octanol–water partition coefficient (Wildman–Crippen LogP) is 2.39. The lowest BCUT2D eigenvalue weighted by molar-refractivity contribution is 0.730. The van der Waals surface area contributed by atoms with Gasteiger partial charge in [0.15, 0.2) is 0 Å². The molecule has 3 aromatic rings. The van der Waals surface area contributed by atoms with Gasteiger partial charge in [-0.15, -0.1) is 11.3 Å². The Morgan fingerprint density at radius 2 is 2.20 bits per heavy atom. The number of hydrogen-bond acceptors (Lipinski definition) is 4. The number of rotatable bonds is 2. The normalized spacial score (nSPS) is 13.8. The van der Waals surface area contributed by atoms with Crippen molar-refractivity contribution in [3.05, 3.63) is 57.2 Å². The molecule has 0 N–H and O–H groups in total. The van der Waals surface area contributed by atoms with Crippen LogP contribution in [0.2, 0.25) is 0 Å². The molecule has 3 heterocycles. The maximum atomic E-state index is 12.7. The van der Waals surface area contributed by atoms with E-state index in [1.165, 1.54) is 10.4 Å². The zero-order valence-electron chi connectivity index (χ0n) is 10.9. The van der Waals surface area contributed by atoms with Crippen LogP contribution >= 0.6 is 11.3 Å². The number of nitrogens with zero attached hydrogens (tertiary/aromatic N) is 3. The van der Waals surface area contributed by atoms with Gasteiger partial charge in [0.05, 0.1) is 24.0 Å². The maximum absolute atomic E-state index is 12.7. The summed E-state index contributed by atoms with van der Waals surface area (Å²) in [5.41, 5.74) is 2.18. The number of hydrogen-bond donors (Lipinski definition) is 0. The van der Waals surface area contributed by atoms with Crippen LogP contribution in [-0.4, -0.2) is 14.5 Å². The van der Waals surface area contributed by atoms with Crippen molar-refractivity contribution in [1.82, 2.24) is 14.5 Å². The summed E-state index contributed by atoms with van der Waals surface area (Å²) in [6.07, 6.45) is 6.65. The van der Waals surface area contributed by atoms with Crippen LogP contribution in [0.1, 0.15) is 22.6 Å². The fourth-order valence-corrected chi connectivity index (χ4v) is 4.02. The zero-order valence-corrected chi connectivity index (χ0v) is 11.7. The largest absolute Gasteiger partial charge is 0.293 e. The topological polar surface area (TPSA) is 47.8 Å². The van der Waals surface area contributed by atoms with Crippen molar-refractivity contribution in [3.63, 3.8) is 0 Å². The lowest BCUT2D eigenvalue weighted by Crippen LogP contribution is -2.21. The smallest absolute Gasteiger partial charge is 0.262 e. The molecule has 100 valence electrons. The van der Waals surface area contributed by atoms with Crippen LogP contribution in [0.15, 0.2) is 35.5 Å². The van der Waals surface area contributed by atoms with Gasteiger partial charge in [-0.25, -0.2) is 4.98 Å². The SMILES string of the molecule is O=c1c2c3c(sc2ncn1Cc1ccccn1)CCC3. The molecule has 0 saturated heterocycles. The van der Waals surface area contributed by atoms with Crippen LogP contribution in [0, 0.1) is 0 Å². The van der Waals surface area contributed by atoms with Gasteiger partial charge in [-0.2, -0.15) is 0 Å². The van der Waals surface area contributed by atoms with E-state index in [0.717, 1.165) is 35.2 Å². The summed E-state index contributed by atoms with van der Waals surface area (Å²) in [7, 11) is 0. The first-order chi connectivity index (χ1) is 9.83. The average molecular weight is 283 g/mol. The number of thiophene rings is 1. The van der Waals surface area contributed by atoms with Crippen LogP contribution in [0.5, 0.6) is 0 Å². The first kappa shape index (κ1) is 11.8. The highest BCUT2D eigenvalue weighted by molar-refractivity contribution is 7.18. The molecular formula is C15H13N3OS. The highest BCUT2D eigenvalue weighted by Crippen LogP contribution is 2.34. The van der Waals surface area contributed by atoms with Gasteiger partial charge in [-0.05, 0) is 37.0 Å². The van der Waals surface area contributed by atoms with Crippen molar-refractivity contribution in [3.8, 4) is 0 Å². The Balaban J connectivity index is 1.85. The van der Waals surface area contributed by atoms with Crippen LogP contribution in [0.4, 0.5) is 0 Å². The summed E-state index contributed by atoms with van der Waals surface area (Å²) in [4.78, 5) is 23.6. The van der Waals surface area contributed by atoms with E-state index in [4.69, 9.17) is 0 Å².